The SMILES string of the molecule is CC(C)n1cnc2c(Nc3ccccc3Br)ncnc21. The molecule has 1 aromatic carbocycles. The van der Waals surface area contributed by atoms with E-state index in [0.717, 1.165) is 21.3 Å². The Bertz CT molecular complexity index is 750. The highest BCUT2D eigenvalue weighted by molar-refractivity contribution is 9.10. The fourth-order valence-electron chi connectivity index (χ4n) is 2.01. The molecule has 5 nitrogen and oxygen atoms in total. The lowest BCUT2D eigenvalue weighted by atomic mass is 10.3. The molecule has 1 N–H and O–H groups in total. The highest BCUT2D eigenvalue weighted by Gasteiger charge is 2.12. The molecule has 0 radical (unpaired) electrons. The lowest BCUT2D eigenvalue weighted by Gasteiger charge is -2.09. The third-order valence-corrected chi connectivity index (χ3v) is 3.73. The topological polar surface area (TPSA) is 55.6 Å². The summed E-state index contributed by atoms with van der Waals surface area (Å²) in [5.74, 6) is 0.710. The van der Waals surface area contributed by atoms with E-state index in [1.54, 1.807) is 12.7 Å². The maximum atomic E-state index is 4.43. The Balaban J connectivity index is 2.07. The van der Waals surface area contributed by atoms with Crippen molar-refractivity contribution < 1.29 is 0 Å². The molecular weight excluding hydrogens is 318 g/mol. The van der Waals surface area contributed by atoms with Gasteiger partial charge >= 0.3 is 0 Å². The number of imidazole rings is 1. The average molecular weight is 332 g/mol. The third-order valence-electron chi connectivity index (χ3n) is 3.04. The Morgan fingerprint density at radius 1 is 1.15 bits per heavy atom. The fraction of sp³-hybridized carbons (Fsp3) is 0.214. The molecule has 0 atom stereocenters. The van der Waals surface area contributed by atoms with E-state index < -0.39 is 0 Å². The first-order valence-electron chi connectivity index (χ1n) is 6.36. The first-order chi connectivity index (χ1) is 9.66. The predicted molar refractivity (Wildman–Crippen MR) is 83.1 cm³/mol. The van der Waals surface area contributed by atoms with E-state index in [9.17, 15) is 0 Å². The van der Waals surface area contributed by atoms with Gasteiger partial charge in [0.25, 0.3) is 0 Å². The summed E-state index contributed by atoms with van der Waals surface area (Å²) < 4.78 is 3.01. The van der Waals surface area contributed by atoms with Gasteiger partial charge in [-0.3, -0.25) is 0 Å². The lowest BCUT2D eigenvalue weighted by molar-refractivity contribution is 0.612. The molecule has 0 bridgehead atoms. The fourth-order valence-corrected chi connectivity index (χ4v) is 2.40. The second kappa shape index (κ2) is 5.20. The normalized spacial score (nSPS) is 11.2. The minimum atomic E-state index is 0.311. The van der Waals surface area contributed by atoms with Crippen molar-refractivity contribution in [1.29, 1.82) is 0 Å². The summed E-state index contributed by atoms with van der Waals surface area (Å²) in [7, 11) is 0. The monoisotopic (exact) mass is 331 g/mol. The van der Waals surface area contributed by atoms with Crippen LogP contribution in [0.1, 0.15) is 19.9 Å². The summed E-state index contributed by atoms with van der Waals surface area (Å²) >= 11 is 3.51. The zero-order chi connectivity index (χ0) is 14.1. The van der Waals surface area contributed by atoms with E-state index in [2.05, 4.69) is 50.0 Å². The number of hydrogen-bond donors (Lipinski definition) is 1. The van der Waals surface area contributed by atoms with E-state index in [4.69, 9.17) is 0 Å². The maximum absolute atomic E-state index is 4.43. The largest absolute Gasteiger partial charge is 0.337 e. The van der Waals surface area contributed by atoms with Crippen LogP contribution in [-0.4, -0.2) is 19.5 Å². The van der Waals surface area contributed by atoms with Crippen LogP contribution < -0.4 is 5.32 Å². The molecule has 3 aromatic rings. The van der Waals surface area contributed by atoms with Gasteiger partial charge in [0.05, 0.1) is 12.0 Å². The van der Waals surface area contributed by atoms with E-state index in [1.807, 2.05) is 28.8 Å². The number of anilines is 2. The van der Waals surface area contributed by atoms with E-state index in [0.29, 0.717) is 11.9 Å². The van der Waals surface area contributed by atoms with E-state index in [1.165, 1.54) is 0 Å². The van der Waals surface area contributed by atoms with E-state index in [-0.39, 0.29) is 0 Å². The summed E-state index contributed by atoms with van der Waals surface area (Å²) in [5, 5.41) is 3.29. The molecule has 20 heavy (non-hydrogen) atoms. The summed E-state index contributed by atoms with van der Waals surface area (Å²) in [5.41, 5.74) is 2.56. The van der Waals surface area contributed by atoms with Gasteiger partial charge in [-0.2, -0.15) is 0 Å². The lowest BCUT2D eigenvalue weighted by Crippen LogP contribution is -2.01. The van der Waals surface area contributed by atoms with Gasteiger partial charge in [0.2, 0.25) is 0 Å². The average Bonchev–Trinajstić information content (AvgIpc) is 2.86. The highest BCUT2D eigenvalue weighted by Crippen LogP contribution is 2.27. The van der Waals surface area contributed by atoms with Crippen LogP contribution in [-0.2, 0) is 0 Å². The molecule has 2 heterocycles. The maximum Gasteiger partial charge on any atom is 0.165 e. The molecule has 0 fully saturated rings. The smallest absolute Gasteiger partial charge is 0.165 e. The van der Waals surface area contributed by atoms with Crippen LogP contribution in [0.3, 0.4) is 0 Å². The molecule has 0 saturated carbocycles. The number of rotatable bonds is 3. The van der Waals surface area contributed by atoms with Gasteiger partial charge in [-0.05, 0) is 41.9 Å². The second-order valence-corrected chi connectivity index (χ2v) is 5.60. The Labute approximate surface area is 125 Å². The van der Waals surface area contributed by atoms with Crippen LogP contribution in [0.15, 0.2) is 41.4 Å². The van der Waals surface area contributed by atoms with Crippen molar-refractivity contribution in [2.24, 2.45) is 0 Å². The van der Waals surface area contributed by atoms with Gasteiger partial charge < -0.3 is 9.88 Å². The van der Waals surface area contributed by atoms with Crippen molar-refractivity contribution in [2.45, 2.75) is 19.9 Å². The molecule has 0 amide bonds. The summed E-state index contributed by atoms with van der Waals surface area (Å²) in [6.45, 7) is 4.20. The van der Waals surface area contributed by atoms with Gasteiger partial charge in [-0.1, -0.05) is 12.1 Å². The minimum Gasteiger partial charge on any atom is -0.337 e. The van der Waals surface area contributed by atoms with Crippen LogP contribution in [0.4, 0.5) is 11.5 Å². The molecule has 3 rings (SSSR count). The van der Waals surface area contributed by atoms with Gasteiger partial charge in [0.15, 0.2) is 17.0 Å². The number of nitrogens with zero attached hydrogens (tertiary/aromatic N) is 4. The van der Waals surface area contributed by atoms with Crippen LogP contribution in [0.2, 0.25) is 0 Å². The molecule has 2 aromatic heterocycles. The highest BCUT2D eigenvalue weighted by atomic mass is 79.9. The number of benzene rings is 1. The van der Waals surface area contributed by atoms with Gasteiger partial charge in [-0.15, -0.1) is 0 Å². The van der Waals surface area contributed by atoms with Gasteiger partial charge in [0, 0.05) is 10.5 Å². The molecule has 0 spiro atoms. The zero-order valence-electron chi connectivity index (χ0n) is 11.2. The summed E-state index contributed by atoms with van der Waals surface area (Å²) in [4.78, 5) is 13.0. The number of nitrogens with one attached hydrogen (secondary N) is 1. The third kappa shape index (κ3) is 2.27. The molecule has 0 saturated heterocycles. The molecule has 0 aliphatic heterocycles. The standard InChI is InChI=1S/C14H14BrN5/c1-9(2)20-8-18-12-13(16-7-17-14(12)20)19-11-6-4-3-5-10(11)15/h3-9H,1-2H3,(H,16,17,19). The Hall–Kier alpha value is -1.95. The van der Waals surface area contributed by atoms with Crippen molar-refractivity contribution in [3.63, 3.8) is 0 Å². The van der Waals surface area contributed by atoms with E-state index >= 15 is 0 Å². The quantitative estimate of drug-likeness (QED) is 0.790. The van der Waals surface area contributed by atoms with Crippen molar-refractivity contribution in [1.82, 2.24) is 19.5 Å². The van der Waals surface area contributed by atoms with Crippen molar-refractivity contribution in [3.8, 4) is 0 Å². The van der Waals surface area contributed by atoms with Gasteiger partial charge in [0.1, 0.15) is 6.33 Å². The number of hydrogen-bond acceptors (Lipinski definition) is 4. The van der Waals surface area contributed by atoms with Crippen molar-refractivity contribution in [3.05, 3.63) is 41.4 Å². The Kier molecular flexibility index (Phi) is 3.40. The first kappa shape index (κ1) is 13.1. The minimum absolute atomic E-state index is 0.311. The summed E-state index contributed by atoms with van der Waals surface area (Å²) in [6, 6.07) is 8.22. The second-order valence-electron chi connectivity index (χ2n) is 4.74. The summed E-state index contributed by atoms with van der Waals surface area (Å²) in [6.07, 6.45) is 3.36. The number of halogens is 1. The molecule has 102 valence electrons. The first-order valence-corrected chi connectivity index (χ1v) is 7.15. The molecule has 0 aliphatic carbocycles. The molecule has 0 unspecified atom stereocenters. The zero-order valence-corrected chi connectivity index (χ0v) is 12.8. The number of para-hydroxylation sites is 1. The molecule has 6 heteroatoms. The van der Waals surface area contributed by atoms with Crippen LogP contribution >= 0.6 is 15.9 Å². The van der Waals surface area contributed by atoms with Gasteiger partial charge in [-0.25, -0.2) is 15.0 Å². The Morgan fingerprint density at radius 2 is 1.95 bits per heavy atom. The van der Waals surface area contributed by atoms with Crippen LogP contribution in [0.25, 0.3) is 11.2 Å². The predicted octanol–water partition coefficient (Wildman–Crippen LogP) is 3.91. The molecule has 0 aliphatic rings. The van der Waals surface area contributed by atoms with Crippen molar-refractivity contribution >= 4 is 38.6 Å². The van der Waals surface area contributed by atoms with Crippen LogP contribution in [0.5, 0.6) is 0 Å². The van der Waals surface area contributed by atoms with Crippen molar-refractivity contribution in [2.75, 3.05) is 5.32 Å². The molecular formula is C14H14BrN5. The van der Waals surface area contributed by atoms with Crippen LogP contribution in [0, 0.1) is 0 Å². The number of fused-ring (bicyclic) bond motifs is 1. The number of aromatic nitrogens is 4. The Morgan fingerprint density at radius 3 is 2.70 bits per heavy atom.